The summed E-state index contributed by atoms with van der Waals surface area (Å²) in [4.78, 5) is 27.0. The summed E-state index contributed by atoms with van der Waals surface area (Å²) >= 11 is 0.875. The number of aromatic amines is 1. The Kier molecular flexibility index (Phi) is 11.0. The molecule has 0 saturated heterocycles. The van der Waals surface area contributed by atoms with Crippen molar-refractivity contribution < 1.29 is 53.3 Å². The van der Waals surface area contributed by atoms with Crippen LogP contribution < -0.4 is 42.3 Å². The van der Waals surface area contributed by atoms with Crippen molar-refractivity contribution in [2.45, 2.75) is 6.42 Å². The molecular weight excluding hydrogens is 449 g/mol. The molecule has 3 aromatic carbocycles. The average Bonchev–Trinajstić information content (AvgIpc) is 3.17. The molecule has 1 aliphatic rings. The number of esters is 1. The second-order valence-electron chi connectivity index (χ2n) is 6.61. The third-order valence-corrected chi connectivity index (χ3v) is 5.04. The van der Waals surface area contributed by atoms with Gasteiger partial charge in [0.15, 0.2) is 0 Å². The van der Waals surface area contributed by atoms with Crippen LogP contribution in [-0.4, -0.2) is 51.0 Å². The van der Waals surface area contributed by atoms with Crippen molar-refractivity contribution in [1.29, 1.82) is 0 Å². The van der Waals surface area contributed by atoms with Gasteiger partial charge in [0, 0.05) is 6.42 Å². The zero-order chi connectivity index (χ0) is 22.2. The van der Waals surface area contributed by atoms with Gasteiger partial charge in [0.05, 0.1) is 8.69 Å². The van der Waals surface area contributed by atoms with Gasteiger partial charge in [0.25, 0.3) is 0 Å². The average molecular weight is 466 g/mol. The SMILES string of the molecule is COC(=O)c1ccc2[nH][c]([Na])nc2c1.O=P[O-].[Na+].c1ccc2c(c1)Cc1ccccc1O2. The third kappa shape index (κ3) is 6.98. The van der Waals surface area contributed by atoms with Crippen LogP contribution in [0.3, 0.4) is 0 Å². The molecule has 1 aromatic heterocycles. The number of carbonyl (C=O) groups excluding carboxylic acids is 1. The van der Waals surface area contributed by atoms with Crippen LogP contribution in [0.1, 0.15) is 21.5 Å². The van der Waals surface area contributed by atoms with Crippen LogP contribution >= 0.6 is 8.69 Å². The van der Waals surface area contributed by atoms with E-state index in [9.17, 15) is 4.79 Å². The Balaban J connectivity index is 0.000000197. The molecule has 0 fully saturated rings. The molecule has 1 aliphatic heterocycles. The second kappa shape index (κ2) is 13.2. The van der Waals surface area contributed by atoms with Crippen LogP contribution in [0.4, 0.5) is 0 Å². The van der Waals surface area contributed by atoms with E-state index in [2.05, 4.69) is 39.0 Å². The molecule has 0 unspecified atom stereocenters. The van der Waals surface area contributed by atoms with E-state index >= 15 is 0 Å². The van der Waals surface area contributed by atoms with E-state index in [0.717, 1.165) is 60.0 Å². The summed E-state index contributed by atoms with van der Waals surface area (Å²) in [7, 11) is 0.287. The van der Waals surface area contributed by atoms with Crippen LogP contribution in [0.5, 0.6) is 11.5 Å². The van der Waals surface area contributed by atoms with E-state index in [1.165, 1.54) is 18.2 Å². The number of H-pyrrole nitrogens is 1. The maximum absolute atomic E-state index is 11.2. The molecule has 152 valence electrons. The number of aromatic nitrogens is 2. The predicted molar refractivity (Wildman–Crippen MR) is 116 cm³/mol. The van der Waals surface area contributed by atoms with Gasteiger partial charge in [-0.3, -0.25) is 4.57 Å². The third-order valence-electron chi connectivity index (χ3n) is 4.57. The molecule has 1 N–H and O–H groups in total. The van der Waals surface area contributed by atoms with E-state index in [4.69, 9.17) is 14.2 Å². The largest absolute Gasteiger partial charge is 1.00 e. The number of ether oxygens (including phenoxy) is 2. The van der Waals surface area contributed by atoms with Crippen molar-refractivity contribution in [2.75, 3.05) is 7.11 Å². The summed E-state index contributed by atoms with van der Waals surface area (Å²) in [6.45, 7) is 0. The zero-order valence-electron chi connectivity index (χ0n) is 18.0. The van der Waals surface area contributed by atoms with Crippen molar-refractivity contribution >= 4 is 56.7 Å². The van der Waals surface area contributed by atoms with E-state index in [1.807, 2.05) is 30.3 Å². The van der Waals surface area contributed by atoms with E-state index in [-0.39, 0.29) is 35.5 Å². The Hall–Kier alpha value is -1.54. The summed E-state index contributed by atoms with van der Waals surface area (Å²) in [5.74, 6) is 1.65. The van der Waals surface area contributed by atoms with Gasteiger partial charge in [0.1, 0.15) is 11.5 Å². The number of benzene rings is 3. The van der Waals surface area contributed by atoms with Gasteiger partial charge >= 0.3 is 128 Å². The van der Waals surface area contributed by atoms with Gasteiger partial charge < -0.3 is 9.63 Å². The second-order valence-corrected chi connectivity index (χ2v) is 7.71. The van der Waals surface area contributed by atoms with Gasteiger partial charge in [0.2, 0.25) is 0 Å². The Labute approximate surface area is 226 Å². The first-order valence-corrected chi connectivity index (χ1v) is 11.1. The summed E-state index contributed by atoms with van der Waals surface area (Å²) in [5, 5.41) is 0. The number of para-hydroxylation sites is 2. The summed E-state index contributed by atoms with van der Waals surface area (Å²) in [6.07, 6.45) is 0.979. The van der Waals surface area contributed by atoms with Crippen LogP contribution in [0.15, 0.2) is 66.7 Å². The maximum atomic E-state index is 11.2. The smallest absolute Gasteiger partial charge is 0.772 e. The number of nitrogens with zero attached hydrogens (tertiary/aromatic N) is 1. The zero-order valence-corrected chi connectivity index (χ0v) is 22.9. The first kappa shape index (κ1) is 26.7. The molecule has 0 saturated carbocycles. The molecular formula is C22H17N2Na2O5P. The molecule has 32 heavy (non-hydrogen) atoms. The molecule has 0 aliphatic carbocycles. The van der Waals surface area contributed by atoms with Gasteiger partial charge in [-0.1, -0.05) is 36.4 Å². The maximum Gasteiger partial charge on any atom is 1.00 e. The fraction of sp³-hybridized carbons (Fsp3) is 0.0909. The van der Waals surface area contributed by atoms with E-state index < -0.39 is 8.69 Å². The van der Waals surface area contributed by atoms with Gasteiger partial charge in [-0.15, -0.1) is 0 Å². The number of methoxy groups -OCH3 is 1. The van der Waals surface area contributed by atoms with Crippen molar-refractivity contribution in [2.24, 2.45) is 0 Å². The molecule has 10 heteroatoms. The number of imidazole rings is 1. The number of fused-ring (bicyclic) bond motifs is 3. The van der Waals surface area contributed by atoms with Gasteiger partial charge in [-0.2, -0.15) is 0 Å². The molecule has 0 spiro atoms. The number of carbonyl (C=O) groups is 1. The van der Waals surface area contributed by atoms with Gasteiger partial charge in [-0.05, 0) is 23.3 Å². The normalized spacial score (nSPS) is 10.8. The quantitative estimate of drug-likeness (QED) is 0.213. The summed E-state index contributed by atoms with van der Waals surface area (Å²) in [5.41, 5.74) is 4.85. The van der Waals surface area contributed by atoms with Gasteiger partial charge in [-0.25, -0.2) is 0 Å². The van der Waals surface area contributed by atoms with E-state index in [1.54, 1.807) is 12.1 Å². The van der Waals surface area contributed by atoms with Crippen LogP contribution in [0, 0.1) is 0 Å². The number of hydrogen-bond donors (Lipinski definition) is 1. The fourth-order valence-electron chi connectivity index (χ4n) is 3.20. The molecule has 2 heterocycles. The number of rotatable bonds is 1. The molecule has 0 bridgehead atoms. The van der Waals surface area contributed by atoms with Crippen molar-refractivity contribution in [3.63, 3.8) is 0 Å². The monoisotopic (exact) mass is 466 g/mol. The van der Waals surface area contributed by atoms with Crippen molar-refractivity contribution in [3.8, 4) is 11.5 Å². The predicted octanol–water partition coefficient (Wildman–Crippen LogP) is 0.0838. The van der Waals surface area contributed by atoms with E-state index in [0.29, 0.717) is 5.56 Å². The van der Waals surface area contributed by atoms with Crippen molar-refractivity contribution in [3.05, 3.63) is 83.4 Å². The minimum absolute atomic E-state index is 0. The topological polar surface area (TPSA) is 104 Å². The minimum Gasteiger partial charge on any atom is -0.772 e. The first-order valence-electron chi connectivity index (χ1n) is 9.39. The summed E-state index contributed by atoms with van der Waals surface area (Å²) in [6, 6.07) is 21.7. The Morgan fingerprint density at radius 2 is 1.66 bits per heavy atom. The minimum atomic E-state index is -1.08. The molecule has 7 nitrogen and oxygen atoms in total. The standard InChI is InChI=1S/C13H10O.C9H7N2O2.2Na.HO2P/c1-3-7-12-10(5-1)9-11-6-2-4-8-13(11)14-12;1-13-9(12)6-2-3-7-8(4-6)11-5-10-7;;;1-3-2/h1-8H,9H2;2-4H,1H3,(H,10,11);;;(H,1,2)/q;;;+1;/p-1. The summed E-state index contributed by atoms with van der Waals surface area (Å²) < 4.78 is 19.7. The molecule has 0 radical (unpaired) electrons. The molecule has 4 aromatic rings. The van der Waals surface area contributed by atoms with Crippen LogP contribution in [-0.2, 0) is 15.7 Å². The number of nitrogens with one attached hydrogen (secondary N) is 1. The Morgan fingerprint density at radius 1 is 1.09 bits per heavy atom. The molecule has 0 amide bonds. The fourth-order valence-corrected chi connectivity index (χ4v) is 3.71. The molecule has 5 rings (SSSR count). The molecule has 0 atom stereocenters. The van der Waals surface area contributed by atoms with Crippen LogP contribution in [0.2, 0.25) is 0 Å². The Bertz CT molecular complexity index is 1130. The van der Waals surface area contributed by atoms with Crippen molar-refractivity contribution in [1.82, 2.24) is 9.97 Å². The Morgan fingerprint density at radius 3 is 2.22 bits per heavy atom. The number of hydrogen-bond acceptors (Lipinski definition) is 6. The van der Waals surface area contributed by atoms with Crippen LogP contribution in [0.25, 0.3) is 11.0 Å². The first-order chi connectivity index (χ1) is 15.0.